The predicted molar refractivity (Wildman–Crippen MR) is 125 cm³/mol. The van der Waals surface area contributed by atoms with Gasteiger partial charge in [-0.3, -0.25) is 9.36 Å². The number of benzene rings is 3. The highest BCUT2D eigenvalue weighted by Crippen LogP contribution is 2.28. The maximum atomic E-state index is 12.7. The summed E-state index contributed by atoms with van der Waals surface area (Å²) in [6.07, 6.45) is 0.613. The molecule has 2 N–H and O–H groups in total. The minimum Gasteiger partial charge on any atom is -0.504 e. The average Bonchev–Trinajstić information content (AvgIpc) is 3.16. The number of nitrogens with zero attached hydrogens (tertiary/aromatic N) is 3. The quantitative estimate of drug-likeness (QED) is 0.240. The standard InChI is InChI=1S/C25H23N3O3S/c1-16-8-10-20(17(2)12-16)28-24(13-18-6-4-3-5-7-18)26-27-25(28)32-15-23(31)19-9-11-21(29)22(30)14-19/h3-12,14,29-30H,13,15H2,1-2H3. The van der Waals surface area contributed by atoms with E-state index in [2.05, 4.69) is 35.3 Å². The lowest BCUT2D eigenvalue weighted by atomic mass is 10.1. The molecule has 3 aromatic carbocycles. The van der Waals surface area contributed by atoms with E-state index in [0.29, 0.717) is 17.1 Å². The Hall–Kier alpha value is -3.58. The lowest BCUT2D eigenvalue weighted by Crippen LogP contribution is -2.08. The number of aryl methyl sites for hydroxylation is 2. The van der Waals surface area contributed by atoms with Crippen LogP contribution in [0.1, 0.15) is 32.9 Å². The summed E-state index contributed by atoms with van der Waals surface area (Å²) in [5.74, 6) is 0.169. The van der Waals surface area contributed by atoms with Crippen molar-refractivity contribution in [2.24, 2.45) is 0 Å². The van der Waals surface area contributed by atoms with Crippen LogP contribution in [0.5, 0.6) is 11.5 Å². The van der Waals surface area contributed by atoms with Gasteiger partial charge in [0.05, 0.1) is 11.4 Å². The molecule has 1 heterocycles. The van der Waals surface area contributed by atoms with Gasteiger partial charge < -0.3 is 10.2 Å². The van der Waals surface area contributed by atoms with Crippen LogP contribution < -0.4 is 0 Å². The van der Waals surface area contributed by atoms with Gasteiger partial charge in [0.2, 0.25) is 0 Å². The first-order valence-electron chi connectivity index (χ1n) is 10.2. The van der Waals surface area contributed by atoms with Crippen LogP contribution in [0.2, 0.25) is 0 Å². The van der Waals surface area contributed by atoms with Gasteiger partial charge in [-0.1, -0.05) is 59.8 Å². The van der Waals surface area contributed by atoms with Crippen LogP contribution in [0.3, 0.4) is 0 Å². The van der Waals surface area contributed by atoms with Crippen LogP contribution in [-0.2, 0) is 6.42 Å². The lowest BCUT2D eigenvalue weighted by molar-refractivity contribution is 0.102. The predicted octanol–water partition coefficient (Wildman–Crippen LogP) is 4.86. The maximum Gasteiger partial charge on any atom is 0.196 e. The molecule has 0 atom stereocenters. The Labute approximate surface area is 190 Å². The number of phenols is 2. The Kier molecular flexibility index (Phi) is 6.28. The summed E-state index contributed by atoms with van der Waals surface area (Å²) in [7, 11) is 0. The van der Waals surface area contributed by atoms with E-state index in [9.17, 15) is 15.0 Å². The molecular formula is C25H23N3O3S. The largest absolute Gasteiger partial charge is 0.504 e. The second-order valence-electron chi connectivity index (χ2n) is 7.60. The fraction of sp³-hybridized carbons (Fsp3) is 0.160. The van der Waals surface area contributed by atoms with Gasteiger partial charge in [0.25, 0.3) is 0 Å². The number of rotatable bonds is 7. The summed E-state index contributed by atoms with van der Waals surface area (Å²) in [6, 6.07) is 20.4. The first kappa shape index (κ1) is 21.6. The zero-order chi connectivity index (χ0) is 22.7. The van der Waals surface area contributed by atoms with Crippen LogP contribution in [0.15, 0.2) is 71.9 Å². The molecule has 0 spiro atoms. The summed E-state index contributed by atoms with van der Waals surface area (Å²) >= 11 is 1.29. The molecule has 162 valence electrons. The van der Waals surface area contributed by atoms with Gasteiger partial charge in [0.1, 0.15) is 5.82 Å². The van der Waals surface area contributed by atoms with E-state index in [0.717, 1.165) is 22.6 Å². The molecule has 0 aliphatic heterocycles. The van der Waals surface area contributed by atoms with Crippen molar-refractivity contribution >= 4 is 17.5 Å². The molecule has 1 aromatic heterocycles. The molecule has 0 saturated carbocycles. The Morgan fingerprint density at radius 3 is 2.44 bits per heavy atom. The van der Waals surface area contributed by atoms with Crippen molar-refractivity contribution in [1.29, 1.82) is 0 Å². The number of aromatic nitrogens is 3. The monoisotopic (exact) mass is 445 g/mol. The van der Waals surface area contributed by atoms with E-state index in [4.69, 9.17) is 0 Å². The highest BCUT2D eigenvalue weighted by molar-refractivity contribution is 7.99. The molecule has 0 saturated heterocycles. The second-order valence-corrected chi connectivity index (χ2v) is 8.54. The summed E-state index contributed by atoms with van der Waals surface area (Å²) < 4.78 is 2.01. The zero-order valence-corrected chi connectivity index (χ0v) is 18.6. The highest BCUT2D eigenvalue weighted by Gasteiger charge is 2.18. The van der Waals surface area contributed by atoms with Gasteiger partial charge in [-0.25, -0.2) is 0 Å². The number of hydrogen-bond donors (Lipinski definition) is 2. The van der Waals surface area contributed by atoms with E-state index in [-0.39, 0.29) is 23.0 Å². The maximum absolute atomic E-state index is 12.7. The van der Waals surface area contributed by atoms with Gasteiger partial charge in [-0.2, -0.15) is 0 Å². The molecular weight excluding hydrogens is 422 g/mol. The summed E-state index contributed by atoms with van der Waals surface area (Å²) in [6.45, 7) is 4.10. The topological polar surface area (TPSA) is 88.2 Å². The number of carbonyl (C=O) groups excluding carboxylic acids is 1. The molecule has 7 heteroatoms. The molecule has 0 bridgehead atoms. The van der Waals surface area contributed by atoms with Gasteiger partial charge in [-0.15, -0.1) is 10.2 Å². The molecule has 32 heavy (non-hydrogen) atoms. The smallest absolute Gasteiger partial charge is 0.196 e. The van der Waals surface area contributed by atoms with Crippen LogP contribution in [0, 0.1) is 13.8 Å². The van der Waals surface area contributed by atoms with Crippen molar-refractivity contribution in [2.45, 2.75) is 25.4 Å². The molecule has 0 unspecified atom stereocenters. The number of aromatic hydroxyl groups is 2. The lowest BCUT2D eigenvalue weighted by Gasteiger charge is -2.13. The van der Waals surface area contributed by atoms with Crippen molar-refractivity contribution in [3.05, 3.63) is 94.8 Å². The average molecular weight is 446 g/mol. The first-order chi connectivity index (χ1) is 15.4. The minimum absolute atomic E-state index is 0.124. The van der Waals surface area contributed by atoms with Crippen molar-refractivity contribution in [1.82, 2.24) is 14.8 Å². The number of hydrogen-bond acceptors (Lipinski definition) is 6. The Bertz CT molecular complexity index is 1270. The summed E-state index contributed by atoms with van der Waals surface area (Å²) in [5.41, 5.74) is 4.69. The van der Waals surface area contributed by atoms with Crippen molar-refractivity contribution in [3.8, 4) is 17.2 Å². The van der Waals surface area contributed by atoms with Gasteiger partial charge in [0.15, 0.2) is 22.4 Å². The van der Waals surface area contributed by atoms with Crippen LogP contribution >= 0.6 is 11.8 Å². The van der Waals surface area contributed by atoms with E-state index in [1.165, 1.54) is 35.5 Å². The molecule has 0 aliphatic rings. The zero-order valence-electron chi connectivity index (χ0n) is 17.8. The molecule has 0 amide bonds. The number of thioether (sulfide) groups is 1. The molecule has 0 radical (unpaired) electrons. The Morgan fingerprint density at radius 2 is 1.72 bits per heavy atom. The van der Waals surface area contributed by atoms with E-state index in [1.807, 2.05) is 41.8 Å². The normalized spacial score (nSPS) is 10.9. The molecule has 0 aliphatic carbocycles. The Morgan fingerprint density at radius 1 is 0.938 bits per heavy atom. The Balaban J connectivity index is 1.65. The van der Waals surface area contributed by atoms with E-state index in [1.54, 1.807) is 0 Å². The van der Waals surface area contributed by atoms with Gasteiger partial charge in [0, 0.05) is 12.0 Å². The van der Waals surface area contributed by atoms with Crippen LogP contribution in [0.25, 0.3) is 5.69 Å². The van der Waals surface area contributed by atoms with Crippen LogP contribution in [-0.4, -0.2) is 36.5 Å². The van der Waals surface area contributed by atoms with E-state index >= 15 is 0 Å². The summed E-state index contributed by atoms with van der Waals surface area (Å²) in [5, 5.41) is 28.6. The summed E-state index contributed by atoms with van der Waals surface area (Å²) in [4.78, 5) is 12.7. The SMILES string of the molecule is Cc1ccc(-n2c(Cc3ccccc3)nnc2SCC(=O)c2ccc(O)c(O)c2)c(C)c1. The number of ketones is 1. The van der Waals surface area contributed by atoms with E-state index < -0.39 is 0 Å². The van der Waals surface area contributed by atoms with Gasteiger partial charge >= 0.3 is 0 Å². The molecule has 4 rings (SSSR count). The highest BCUT2D eigenvalue weighted by atomic mass is 32.2. The fourth-order valence-electron chi connectivity index (χ4n) is 3.50. The van der Waals surface area contributed by atoms with Crippen molar-refractivity contribution in [2.75, 3.05) is 5.75 Å². The third-order valence-electron chi connectivity index (χ3n) is 5.13. The fourth-order valence-corrected chi connectivity index (χ4v) is 4.35. The number of Topliss-reactive ketones (excluding diaryl/α,β-unsaturated/α-hetero) is 1. The molecule has 6 nitrogen and oxygen atoms in total. The minimum atomic E-state index is -0.315. The number of carbonyl (C=O) groups is 1. The molecule has 4 aromatic rings. The molecule has 0 fully saturated rings. The third-order valence-corrected chi connectivity index (χ3v) is 6.06. The third kappa shape index (κ3) is 4.68. The van der Waals surface area contributed by atoms with Crippen molar-refractivity contribution < 1.29 is 15.0 Å². The first-order valence-corrected chi connectivity index (χ1v) is 11.1. The van der Waals surface area contributed by atoms with Crippen LogP contribution in [0.4, 0.5) is 0 Å². The van der Waals surface area contributed by atoms with Gasteiger partial charge in [-0.05, 0) is 49.2 Å². The second kappa shape index (κ2) is 9.28. The number of phenolic OH excluding ortho intramolecular Hbond substituents is 2. The van der Waals surface area contributed by atoms with Crippen molar-refractivity contribution in [3.63, 3.8) is 0 Å².